The highest BCUT2D eigenvalue weighted by molar-refractivity contribution is 7.87. The molecule has 2 fully saturated rings. The molecule has 2 heterocycles. The van der Waals surface area contributed by atoms with Gasteiger partial charge in [0, 0.05) is 0 Å². The van der Waals surface area contributed by atoms with Crippen molar-refractivity contribution in [1.29, 1.82) is 0 Å². The number of rotatable bonds is 6. The Labute approximate surface area is 219 Å². The van der Waals surface area contributed by atoms with Crippen molar-refractivity contribution < 1.29 is 27.0 Å². The molecule has 2 aliphatic heterocycles. The van der Waals surface area contributed by atoms with Crippen LogP contribution < -0.4 is 14.1 Å². The lowest BCUT2D eigenvalue weighted by Crippen LogP contribution is -2.37. The number of benzene rings is 4. The van der Waals surface area contributed by atoms with Gasteiger partial charge >= 0.3 is 10.1 Å². The first-order valence-corrected chi connectivity index (χ1v) is 13.4. The minimum Gasteiger partial charge on any atom is -0.379 e. The van der Waals surface area contributed by atoms with E-state index in [2.05, 4.69) is 0 Å². The SMILES string of the molecule is O=C1[C@H]2[C@@H](c3ccc(OS(=O)(=O)c4ccccc4)cc3)N(c3ccccc3)O[C@H]2C(=O)N1c1ccccc1. The Morgan fingerprint density at radius 2 is 1.21 bits per heavy atom. The van der Waals surface area contributed by atoms with E-state index in [4.69, 9.17) is 9.02 Å². The van der Waals surface area contributed by atoms with E-state index in [0.717, 1.165) is 0 Å². The number of amides is 2. The Balaban J connectivity index is 1.34. The molecule has 0 aliphatic carbocycles. The van der Waals surface area contributed by atoms with Crippen LogP contribution in [-0.2, 0) is 24.5 Å². The lowest BCUT2D eigenvalue weighted by atomic mass is 9.90. The van der Waals surface area contributed by atoms with E-state index < -0.39 is 34.1 Å². The summed E-state index contributed by atoms with van der Waals surface area (Å²) in [7, 11) is -4.01. The van der Waals surface area contributed by atoms with E-state index in [1.54, 1.807) is 59.7 Å². The minimum absolute atomic E-state index is 0.0439. The number of anilines is 2. The molecule has 3 atom stereocenters. The summed E-state index contributed by atoms with van der Waals surface area (Å²) in [4.78, 5) is 34.4. The van der Waals surface area contributed by atoms with Crippen molar-refractivity contribution in [2.45, 2.75) is 17.0 Å². The van der Waals surface area contributed by atoms with Crippen molar-refractivity contribution in [3.63, 3.8) is 0 Å². The molecule has 0 aromatic heterocycles. The summed E-state index contributed by atoms with van der Waals surface area (Å²) in [6.45, 7) is 0. The largest absolute Gasteiger partial charge is 0.379 e. The van der Waals surface area contributed by atoms with Gasteiger partial charge in [-0.15, -0.1) is 0 Å². The second kappa shape index (κ2) is 9.44. The third kappa shape index (κ3) is 4.11. The van der Waals surface area contributed by atoms with Gasteiger partial charge in [-0.3, -0.25) is 14.4 Å². The van der Waals surface area contributed by atoms with E-state index in [9.17, 15) is 18.0 Å². The predicted molar refractivity (Wildman–Crippen MR) is 140 cm³/mol. The van der Waals surface area contributed by atoms with Gasteiger partial charge in [-0.2, -0.15) is 8.42 Å². The Kier molecular flexibility index (Phi) is 5.94. The second-order valence-corrected chi connectivity index (χ2v) is 10.5. The molecule has 0 N–H and O–H groups in total. The molecular formula is C29H22N2O6S. The van der Waals surface area contributed by atoms with Gasteiger partial charge in [-0.25, -0.2) is 9.96 Å². The van der Waals surface area contributed by atoms with Crippen molar-refractivity contribution >= 4 is 33.3 Å². The second-order valence-electron chi connectivity index (χ2n) is 8.92. The molecule has 2 saturated heterocycles. The monoisotopic (exact) mass is 526 g/mol. The van der Waals surface area contributed by atoms with Crippen molar-refractivity contribution in [2.24, 2.45) is 5.92 Å². The fourth-order valence-electron chi connectivity index (χ4n) is 4.87. The predicted octanol–water partition coefficient (Wildman–Crippen LogP) is 4.51. The molecule has 4 aromatic carbocycles. The lowest BCUT2D eigenvalue weighted by molar-refractivity contribution is -0.126. The molecule has 0 unspecified atom stereocenters. The summed E-state index contributed by atoms with van der Waals surface area (Å²) >= 11 is 0. The quantitative estimate of drug-likeness (QED) is 0.270. The van der Waals surface area contributed by atoms with Crippen LogP contribution in [0.25, 0.3) is 0 Å². The summed E-state index contributed by atoms with van der Waals surface area (Å²) < 4.78 is 30.6. The average molecular weight is 527 g/mol. The zero-order valence-corrected chi connectivity index (χ0v) is 20.8. The van der Waals surface area contributed by atoms with Crippen LogP contribution in [0.4, 0.5) is 11.4 Å². The topological polar surface area (TPSA) is 93.2 Å². The first-order valence-electron chi connectivity index (χ1n) is 12.0. The van der Waals surface area contributed by atoms with Crippen molar-refractivity contribution in [3.05, 3.63) is 121 Å². The molecule has 0 radical (unpaired) electrons. The van der Waals surface area contributed by atoms with Crippen molar-refractivity contribution in [2.75, 3.05) is 9.96 Å². The Morgan fingerprint density at radius 1 is 0.658 bits per heavy atom. The molecule has 9 heteroatoms. The van der Waals surface area contributed by atoms with E-state index >= 15 is 0 Å². The standard InChI is InChI=1S/C29H22N2O6S/c32-28-25-26(20-16-18-23(19-17-20)37-38(34,35)24-14-8-3-9-15-24)31(22-12-6-2-7-13-22)36-27(25)29(33)30(28)21-10-4-1-5-11-21/h1-19,25-27H/t25-,26+,27+/m0/s1. The first kappa shape index (κ1) is 23.9. The van der Waals surface area contributed by atoms with Crippen LogP contribution >= 0.6 is 0 Å². The molecule has 2 aliphatic rings. The maximum absolute atomic E-state index is 13.7. The Morgan fingerprint density at radius 3 is 1.82 bits per heavy atom. The maximum atomic E-state index is 13.7. The molecule has 0 bridgehead atoms. The van der Waals surface area contributed by atoms with E-state index in [1.807, 2.05) is 36.4 Å². The number of hydrogen-bond acceptors (Lipinski definition) is 7. The molecule has 38 heavy (non-hydrogen) atoms. The van der Waals surface area contributed by atoms with Crippen molar-refractivity contribution in [1.82, 2.24) is 0 Å². The number of imide groups is 1. The number of fused-ring (bicyclic) bond motifs is 1. The molecular weight excluding hydrogens is 504 g/mol. The van der Waals surface area contributed by atoms with E-state index in [1.165, 1.54) is 29.2 Å². The summed E-state index contributed by atoms with van der Waals surface area (Å²) in [6, 6.07) is 31.6. The van der Waals surface area contributed by atoms with Crippen LogP contribution in [0.15, 0.2) is 120 Å². The summed E-state index contributed by atoms with van der Waals surface area (Å²) in [5.74, 6) is -1.47. The summed E-state index contributed by atoms with van der Waals surface area (Å²) in [5, 5.41) is 1.59. The number of nitrogens with zero attached hydrogens (tertiary/aromatic N) is 2. The first-order chi connectivity index (χ1) is 18.4. The average Bonchev–Trinajstić information content (AvgIpc) is 3.46. The van der Waals surface area contributed by atoms with Gasteiger partial charge in [-0.05, 0) is 54.1 Å². The highest BCUT2D eigenvalue weighted by Crippen LogP contribution is 2.47. The Hall–Kier alpha value is -4.47. The zero-order valence-electron chi connectivity index (χ0n) is 20.0. The normalized spacial score (nSPS) is 21.0. The molecule has 8 nitrogen and oxygen atoms in total. The van der Waals surface area contributed by atoms with Crippen LogP contribution in [0, 0.1) is 5.92 Å². The number of hydroxylamine groups is 1. The van der Waals surface area contributed by atoms with E-state index in [0.29, 0.717) is 16.9 Å². The fourth-order valence-corrected chi connectivity index (χ4v) is 5.82. The summed E-state index contributed by atoms with van der Waals surface area (Å²) in [5.41, 5.74) is 1.84. The lowest BCUT2D eigenvalue weighted by Gasteiger charge is -2.28. The smallest absolute Gasteiger partial charge is 0.339 e. The molecule has 0 spiro atoms. The molecule has 6 rings (SSSR count). The highest BCUT2D eigenvalue weighted by Gasteiger charge is 2.60. The van der Waals surface area contributed by atoms with Gasteiger partial charge in [0.05, 0.1) is 17.4 Å². The third-order valence-corrected chi connectivity index (χ3v) is 7.86. The highest BCUT2D eigenvalue weighted by atomic mass is 32.2. The van der Waals surface area contributed by atoms with Gasteiger partial charge in [0.1, 0.15) is 16.6 Å². The van der Waals surface area contributed by atoms with Crippen molar-refractivity contribution in [3.8, 4) is 5.75 Å². The number of hydrogen-bond donors (Lipinski definition) is 0. The van der Waals surface area contributed by atoms with Gasteiger partial charge in [0.25, 0.3) is 5.91 Å². The van der Waals surface area contributed by atoms with Gasteiger partial charge in [0.2, 0.25) is 5.91 Å². The van der Waals surface area contributed by atoms with Gasteiger partial charge in [0.15, 0.2) is 6.10 Å². The van der Waals surface area contributed by atoms with Crippen LogP contribution in [0.2, 0.25) is 0 Å². The zero-order chi connectivity index (χ0) is 26.3. The number of para-hydroxylation sites is 2. The minimum atomic E-state index is -4.01. The van der Waals surface area contributed by atoms with Crippen LogP contribution in [0.1, 0.15) is 11.6 Å². The molecule has 4 aromatic rings. The fraction of sp³-hybridized carbons (Fsp3) is 0.103. The third-order valence-electron chi connectivity index (χ3n) is 6.60. The molecule has 0 saturated carbocycles. The van der Waals surface area contributed by atoms with Crippen LogP contribution in [0.3, 0.4) is 0 Å². The number of carbonyl (C=O) groups excluding carboxylic acids is 2. The Bertz CT molecular complexity index is 1580. The molecule has 190 valence electrons. The van der Waals surface area contributed by atoms with Crippen LogP contribution in [0.5, 0.6) is 5.75 Å². The maximum Gasteiger partial charge on any atom is 0.339 e. The molecule has 2 amide bonds. The summed E-state index contributed by atoms with van der Waals surface area (Å²) in [6.07, 6.45) is -0.998. The van der Waals surface area contributed by atoms with E-state index in [-0.39, 0.29) is 16.6 Å². The van der Waals surface area contributed by atoms with Crippen LogP contribution in [-0.4, -0.2) is 26.3 Å². The van der Waals surface area contributed by atoms with Gasteiger partial charge < -0.3 is 4.18 Å². The number of carbonyl (C=O) groups is 2. The van der Waals surface area contributed by atoms with Gasteiger partial charge in [-0.1, -0.05) is 66.7 Å².